The first-order valence-corrected chi connectivity index (χ1v) is 6.33. The van der Waals surface area contributed by atoms with E-state index in [-0.39, 0.29) is 17.1 Å². The minimum Gasteiger partial charge on any atom is -0.315 e. The Morgan fingerprint density at radius 2 is 2.05 bits per heavy atom. The SMILES string of the molecule is CN(CCCl)/N=N/c1nc2c([nH]1)c(=O)n(C)c(=O)n2C. The molecular weight excluding hydrogens is 286 g/mol. The van der Waals surface area contributed by atoms with Gasteiger partial charge in [0.05, 0.1) is 6.54 Å². The summed E-state index contributed by atoms with van der Waals surface area (Å²) in [6.07, 6.45) is 0. The highest BCUT2D eigenvalue weighted by molar-refractivity contribution is 6.18. The fourth-order valence-corrected chi connectivity index (χ4v) is 1.89. The zero-order valence-corrected chi connectivity index (χ0v) is 12.0. The van der Waals surface area contributed by atoms with E-state index in [1.807, 2.05) is 0 Å². The molecule has 0 saturated carbocycles. The van der Waals surface area contributed by atoms with Crippen LogP contribution in [-0.2, 0) is 14.1 Å². The van der Waals surface area contributed by atoms with Gasteiger partial charge in [-0.05, 0) is 0 Å². The van der Waals surface area contributed by atoms with Crippen molar-refractivity contribution in [1.29, 1.82) is 0 Å². The number of aryl methyl sites for hydroxylation is 1. The van der Waals surface area contributed by atoms with Crippen molar-refractivity contribution in [2.45, 2.75) is 0 Å². The van der Waals surface area contributed by atoms with Crippen LogP contribution in [0.3, 0.4) is 0 Å². The van der Waals surface area contributed by atoms with Gasteiger partial charge < -0.3 is 4.98 Å². The van der Waals surface area contributed by atoms with Gasteiger partial charge in [0.25, 0.3) is 11.5 Å². The first kappa shape index (κ1) is 14.3. The molecule has 0 saturated heterocycles. The number of nitrogens with one attached hydrogen (secondary N) is 1. The molecule has 0 aliphatic heterocycles. The van der Waals surface area contributed by atoms with Crippen LogP contribution < -0.4 is 11.2 Å². The summed E-state index contributed by atoms with van der Waals surface area (Å²) in [5.41, 5.74) is -0.446. The molecule has 0 aliphatic carbocycles. The number of imidazole rings is 1. The van der Waals surface area contributed by atoms with Gasteiger partial charge in [-0.25, -0.2) is 4.79 Å². The van der Waals surface area contributed by atoms with Crippen LogP contribution in [0.4, 0.5) is 5.95 Å². The summed E-state index contributed by atoms with van der Waals surface area (Å²) in [5, 5.41) is 9.27. The van der Waals surface area contributed by atoms with Gasteiger partial charge in [0.15, 0.2) is 11.2 Å². The molecule has 0 aromatic carbocycles. The molecule has 108 valence electrons. The van der Waals surface area contributed by atoms with Crippen molar-refractivity contribution in [1.82, 2.24) is 24.1 Å². The van der Waals surface area contributed by atoms with Gasteiger partial charge >= 0.3 is 5.69 Å². The van der Waals surface area contributed by atoms with Gasteiger partial charge in [0.1, 0.15) is 0 Å². The predicted molar refractivity (Wildman–Crippen MR) is 74.4 cm³/mol. The Morgan fingerprint density at radius 3 is 2.70 bits per heavy atom. The van der Waals surface area contributed by atoms with Crippen LogP contribution in [0, 0.1) is 0 Å². The fourth-order valence-electron chi connectivity index (χ4n) is 1.65. The van der Waals surface area contributed by atoms with Crippen LogP contribution in [-0.4, -0.2) is 43.6 Å². The molecule has 0 amide bonds. The zero-order chi connectivity index (χ0) is 14.9. The third kappa shape index (κ3) is 2.44. The van der Waals surface area contributed by atoms with Crippen LogP contribution in [0.1, 0.15) is 0 Å². The third-order valence-corrected chi connectivity index (χ3v) is 2.95. The molecule has 9 nitrogen and oxygen atoms in total. The van der Waals surface area contributed by atoms with Gasteiger partial charge in [-0.15, -0.1) is 11.6 Å². The second-order valence-corrected chi connectivity index (χ2v) is 4.60. The monoisotopic (exact) mass is 299 g/mol. The van der Waals surface area contributed by atoms with Crippen LogP contribution in [0.5, 0.6) is 0 Å². The fraction of sp³-hybridized carbons (Fsp3) is 0.500. The summed E-state index contributed by atoms with van der Waals surface area (Å²) in [5.74, 6) is 0.574. The van der Waals surface area contributed by atoms with Crippen molar-refractivity contribution >= 4 is 28.7 Å². The summed E-state index contributed by atoms with van der Waals surface area (Å²) in [4.78, 5) is 30.5. The lowest BCUT2D eigenvalue weighted by Crippen LogP contribution is -2.36. The number of rotatable bonds is 4. The van der Waals surface area contributed by atoms with E-state index in [1.54, 1.807) is 7.05 Å². The topological polar surface area (TPSA) is 101 Å². The minimum atomic E-state index is -0.453. The second-order valence-electron chi connectivity index (χ2n) is 4.22. The summed E-state index contributed by atoms with van der Waals surface area (Å²) in [6, 6.07) is 0. The van der Waals surface area contributed by atoms with Crippen molar-refractivity contribution in [3.8, 4) is 0 Å². The highest BCUT2D eigenvalue weighted by Gasteiger charge is 2.13. The van der Waals surface area contributed by atoms with Gasteiger partial charge in [-0.3, -0.25) is 18.9 Å². The van der Waals surface area contributed by atoms with Gasteiger partial charge in [0, 0.05) is 27.0 Å². The predicted octanol–water partition coefficient (Wildman–Crippen LogP) is 0.130. The van der Waals surface area contributed by atoms with E-state index < -0.39 is 11.2 Å². The second kappa shape index (κ2) is 5.45. The molecule has 0 atom stereocenters. The van der Waals surface area contributed by atoms with E-state index in [0.717, 1.165) is 4.57 Å². The molecule has 10 heteroatoms. The lowest BCUT2D eigenvalue weighted by molar-refractivity contribution is 0.352. The number of halogens is 1. The number of aromatic amines is 1. The van der Waals surface area contributed by atoms with Crippen molar-refractivity contribution in [3.63, 3.8) is 0 Å². The molecule has 0 unspecified atom stereocenters. The molecule has 20 heavy (non-hydrogen) atoms. The van der Waals surface area contributed by atoms with Crippen LogP contribution in [0.15, 0.2) is 19.9 Å². The zero-order valence-electron chi connectivity index (χ0n) is 11.3. The maximum absolute atomic E-state index is 11.9. The number of aromatic nitrogens is 4. The molecule has 0 radical (unpaired) electrons. The molecule has 0 spiro atoms. The number of hydrogen-bond acceptors (Lipinski definition) is 5. The summed E-state index contributed by atoms with van der Waals surface area (Å²) >= 11 is 5.57. The molecule has 2 heterocycles. The molecule has 2 aromatic heterocycles. The Labute approximate surface area is 118 Å². The van der Waals surface area contributed by atoms with Gasteiger partial charge in [0.2, 0.25) is 0 Å². The molecule has 0 fully saturated rings. The molecule has 2 rings (SSSR count). The lowest BCUT2D eigenvalue weighted by Gasteiger charge is -2.06. The Balaban J connectivity index is 2.50. The summed E-state index contributed by atoms with van der Waals surface area (Å²) < 4.78 is 2.27. The Morgan fingerprint density at radius 1 is 1.35 bits per heavy atom. The van der Waals surface area contributed by atoms with Gasteiger partial charge in [-0.2, -0.15) is 4.98 Å². The maximum Gasteiger partial charge on any atom is 0.332 e. The third-order valence-electron chi connectivity index (χ3n) is 2.78. The molecule has 1 N–H and O–H groups in total. The van der Waals surface area contributed by atoms with Gasteiger partial charge in [-0.1, -0.05) is 10.3 Å². The highest BCUT2D eigenvalue weighted by Crippen LogP contribution is 2.11. The number of hydrogen-bond donors (Lipinski definition) is 1. The quantitative estimate of drug-likeness (QED) is 0.492. The Bertz CT molecular complexity index is 772. The van der Waals surface area contributed by atoms with E-state index in [1.165, 1.54) is 23.7 Å². The van der Waals surface area contributed by atoms with Crippen LogP contribution in [0.2, 0.25) is 0 Å². The maximum atomic E-state index is 11.9. The van der Waals surface area contributed by atoms with Crippen LogP contribution in [0.25, 0.3) is 11.2 Å². The first-order chi connectivity index (χ1) is 9.45. The van der Waals surface area contributed by atoms with Crippen molar-refractivity contribution < 1.29 is 0 Å². The standard InChI is InChI=1S/C10H14ClN7O2/c1-16(5-4-11)15-14-9-12-6-7(13-9)17(2)10(20)18(3)8(6)19/h4-5H2,1-3H3,(H,12,13)/b15-14+. The summed E-state index contributed by atoms with van der Waals surface area (Å²) in [7, 11) is 4.65. The lowest BCUT2D eigenvalue weighted by atomic mass is 10.5. The number of fused-ring (bicyclic) bond motifs is 1. The van der Waals surface area contributed by atoms with E-state index in [9.17, 15) is 9.59 Å². The average Bonchev–Trinajstić information content (AvgIpc) is 2.85. The van der Waals surface area contributed by atoms with Crippen molar-refractivity contribution in [3.05, 3.63) is 20.8 Å². The van der Waals surface area contributed by atoms with Crippen molar-refractivity contribution in [2.24, 2.45) is 24.4 Å². The molecule has 0 bridgehead atoms. The summed E-state index contributed by atoms with van der Waals surface area (Å²) in [6.45, 7) is 0.533. The molecule has 0 aliphatic rings. The van der Waals surface area contributed by atoms with Crippen molar-refractivity contribution in [2.75, 3.05) is 19.5 Å². The largest absolute Gasteiger partial charge is 0.332 e. The minimum absolute atomic E-state index is 0.153. The number of H-pyrrole nitrogens is 1. The van der Waals surface area contributed by atoms with E-state index in [0.29, 0.717) is 12.4 Å². The average molecular weight is 300 g/mol. The molecular formula is C10H14ClN7O2. The smallest absolute Gasteiger partial charge is 0.315 e. The first-order valence-electron chi connectivity index (χ1n) is 5.80. The number of nitrogens with zero attached hydrogens (tertiary/aromatic N) is 6. The Hall–Kier alpha value is -2.16. The highest BCUT2D eigenvalue weighted by atomic mass is 35.5. The van der Waals surface area contributed by atoms with E-state index >= 15 is 0 Å². The van der Waals surface area contributed by atoms with Crippen LogP contribution >= 0.6 is 11.6 Å². The molecule has 2 aromatic rings. The Kier molecular flexibility index (Phi) is 3.89. The normalized spacial score (nSPS) is 11.6. The number of alkyl halides is 1. The van der Waals surface area contributed by atoms with E-state index in [2.05, 4.69) is 20.3 Å². The van der Waals surface area contributed by atoms with E-state index in [4.69, 9.17) is 11.6 Å².